The van der Waals surface area contributed by atoms with Crippen molar-refractivity contribution < 1.29 is 9.84 Å². The normalized spacial score (nSPS) is 13.2. The molecule has 0 saturated heterocycles. The summed E-state index contributed by atoms with van der Waals surface area (Å²) in [6.07, 6.45) is -0.509. The predicted molar refractivity (Wildman–Crippen MR) is 65.2 cm³/mol. The first-order chi connectivity index (χ1) is 7.00. The molecule has 0 fully saturated rings. The molecule has 0 saturated carbocycles. The average molecular weight is 294 g/mol. The van der Waals surface area contributed by atoms with Gasteiger partial charge in [-0.05, 0) is 31.5 Å². The van der Waals surface area contributed by atoms with Crippen molar-refractivity contribution in [2.24, 2.45) is 0 Å². The van der Waals surface area contributed by atoms with Crippen LogP contribution in [0, 0.1) is 0 Å². The zero-order chi connectivity index (χ0) is 11.4. The molecule has 0 spiro atoms. The number of aliphatic hydroxyl groups excluding tert-OH is 1. The van der Waals surface area contributed by atoms with Gasteiger partial charge < -0.3 is 9.84 Å². The molecular weight excluding hydrogens is 279 g/mol. The van der Waals surface area contributed by atoms with Crippen molar-refractivity contribution in [3.63, 3.8) is 0 Å². The third-order valence-corrected chi connectivity index (χ3v) is 2.83. The van der Waals surface area contributed by atoms with Crippen molar-refractivity contribution in [2.45, 2.75) is 26.1 Å². The van der Waals surface area contributed by atoms with Crippen LogP contribution in [0.4, 0.5) is 0 Å². The van der Waals surface area contributed by atoms with Gasteiger partial charge in [0.1, 0.15) is 6.10 Å². The molecule has 0 amide bonds. The van der Waals surface area contributed by atoms with E-state index in [4.69, 9.17) is 16.3 Å². The molecule has 0 bridgehead atoms. The summed E-state index contributed by atoms with van der Waals surface area (Å²) in [5, 5.41) is 10.5. The Morgan fingerprint density at radius 2 is 2.13 bits per heavy atom. The van der Waals surface area contributed by atoms with Crippen LogP contribution in [-0.2, 0) is 4.74 Å². The van der Waals surface area contributed by atoms with Crippen molar-refractivity contribution >= 4 is 27.5 Å². The van der Waals surface area contributed by atoms with Gasteiger partial charge in [-0.25, -0.2) is 0 Å². The first kappa shape index (κ1) is 13.0. The summed E-state index contributed by atoms with van der Waals surface area (Å²) < 4.78 is 6.14. The highest BCUT2D eigenvalue weighted by atomic mass is 79.9. The Labute approximate surface area is 103 Å². The molecule has 1 atom stereocenters. The van der Waals surface area contributed by atoms with E-state index >= 15 is 0 Å². The first-order valence-electron chi connectivity index (χ1n) is 4.75. The number of ether oxygens (including phenoxy) is 1. The van der Waals surface area contributed by atoms with Gasteiger partial charge in [0, 0.05) is 9.50 Å². The number of hydrogen-bond donors (Lipinski definition) is 1. The number of aliphatic hydroxyl groups is 1. The fourth-order valence-electron chi connectivity index (χ4n) is 1.15. The van der Waals surface area contributed by atoms with Gasteiger partial charge in [0.2, 0.25) is 0 Å². The van der Waals surface area contributed by atoms with Crippen molar-refractivity contribution in [1.82, 2.24) is 0 Å². The lowest BCUT2D eigenvalue weighted by Crippen LogP contribution is -2.12. The Bertz CT molecular complexity index is 328. The van der Waals surface area contributed by atoms with Crippen molar-refractivity contribution in [3.05, 3.63) is 33.3 Å². The smallest absolute Gasteiger partial charge is 0.103 e. The fraction of sp³-hybridized carbons (Fsp3) is 0.455. The molecule has 1 unspecified atom stereocenters. The van der Waals surface area contributed by atoms with E-state index in [9.17, 15) is 5.11 Å². The van der Waals surface area contributed by atoms with E-state index in [0.717, 1.165) is 10.0 Å². The second-order valence-corrected chi connectivity index (χ2v) is 4.85. The Kier molecular flexibility index (Phi) is 5.06. The number of halogens is 2. The zero-order valence-corrected chi connectivity index (χ0v) is 11.0. The maximum atomic E-state index is 9.84. The minimum absolute atomic E-state index is 0.116. The second kappa shape index (κ2) is 5.85. The van der Waals surface area contributed by atoms with Crippen LogP contribution in [0.25, 0.3) is 0 Å². The number of hydrogen-bond acceptors (Lipinski definition) is 2. The molecule has 0 radical (unpaired) electrons. The predicted octanol–water partition coefficient (Wildman–Crippen LogP) is 3.56. The summed E-state index contributed by atoms with van der Waals surface area (Å²) in [6, 6.07) is 5.30. The SMILES string of the molecule is CC(C)OCC(O)c1ccc(Cl)cc1Br. The van der Waals surface area contributed by atoms with Crippen LogP contribution in [0.1, 0.15) is 25.5 Å². The molecule has 0 aromatic heterocycles. The lowest BCUT2D eigenvalue weighted by atomic mass is 10.1. The van der Waals surface area contributed by atoms with Gasteiger partial charge >= 0.3 is 0 Å². The quantitative estimate of drug-likeness (QED) is 0.920. The van der Waals surface area contributed by atoms with E-state index < -0.39 is 6.10 Å². The molecule has 1 aromatic rings. The lowest BCUT2D eigenvalue weighted by Gasteiger charge is -2.15. The first-order valence-corrected chi connectivity index (χ1v) is 5.92. The van der Waals surface area contributed by atoms with E-state index in [1.807, 2.05) is 13.8 Å². The van der Waals surface area contributed by atoms with Gasteiger partial charge in [0.25, 0.3) is 0 Å². The molecule has 0 aliphatic rings. The number of benzene rings is 1. The molecule has 4 heteroatoms. The van der Waals surface area contributed by atoms with E-state index in [1.165, 1.54) is 0 Å². The van der Waals surface area contributed by atoms with Gasteiger partial charge in [-0.1, -0.05) is 33.6 Å². The summed E-state index contributed by atoms with van der Waals surface area (Å²) in [4.78, 5) is 0. The molecule has 0 heterocycles. The molecule has 0 aliphatic carbocycles. The van der Waals surface area contributed by atoms with Crippen LogP contribution in [0.3, 0.4) is 0 Å². The molecule has 1 rings (SSSR count). The van der Waals surface area contributed by atoms with Crippen LogP contribution in [0.2, 0.25) is 5.02 Å². The summed E-state index contributed by atoms with van der Waals surface area (Å²) >= 11 is 9.16. The minimum Gasteiger partial charge on any atom is -0.386 e. The Morgan fingerprint density at radius 1 is 1.47 bits per heavy atom. The van der Waals surface area contributed by atoms with Crippen molar-refractivity contribution in [2.75, 3.05) is 6.61 Å². The second-order valence-electron chi connectivity index (χ2n) is 3.56. The van der Waals surface area contributed by atoms with Crippen LogP contribution in [-0.4, -0.2) is 17.8 Å². The summed E-state index contributed by atoms with van der Waals surface area (Å²) in [7, 11) is 0. The zero-order valence-electron chi connectivity index (χ0n) is 8.71. The van der Waals surface area contributed by atoms with Crippen molar-refractivity contribution in [1.29, 1.82) is 0 Å². The molecule has 2 nitrogen and oxygen atoms in total. The molecule has 0 aliphatic heterocycles. The van der Waals surface area contributed by atoms with E-state index in [1.54, 1.807) is 18.2 Å². The van der Waals surface area contributed by atoms with E-state index in [2.05, 4.69) is 15.9 Å². The highest BCUT2D eigenvalue weighted by molar-refractivity contribution is 9.10. The number of rotatable bonds is 4. The van der Waals surface area contributed by atoms with Gasteiger partial charge in [-0.2, -0.15) is 0 Å². The standard InChI is InChI=1S/C11H14BrClO2/c1-7(2)15-6-11(14)9-4-3-8(13)5-10(9)12/h3-5,7,11,14H,6H2,1-2H3. The van der Waals surface area contributed by atoms with Crippen LogP contribution < -0.4 is 0 Å². The van der Waals surface area contributed by atoms with Gasteiger partial charge in [-0.15, -0.1) is 0 Å². The van der Waals surface area contributed by atoms with Gasteiger partial charge in [0.05, 0.1) is 12.7 Å². The maximum absolute atomic E-state index is 9.84. The third-order valence-electron chi connectivity index (χ3n) is 1.91. The van der Waals surface area contributed by atoms with Crippen LogP contribution in [0.15, 0.2) is 22.7 Å². The highest BCUT2D eigenvalue weighted by Crippen LogP contribution is 2.26. The van der Waals surface area contributed by atoms with Crippen molar-refractivity contribution in [3.8, 4) is 0 Å². The summed E-state index contributed by atoms with van der Waals surface area (Å²) in [5.41, 5.74) is 0.792. The van der Waals surface area contributed by atoms with Gasteiger partial charge in [-0.3, -0.25) is 0 Å². The van der Waals surface area contributed by atoms with E-state index in [-0.39, 0.29) is 12.7 Å². The summed E-state index contributed by atoms with van der Waals surface area (Å²) in [6.45, 7) is 4.16. The van der Waals surface area contributed by atoms with Crippen LogP contribution >= 0.6 is 27.5 Å². The largest absolute Gasteiger partial charge is 0.386 e. The molecule has 84 valence electrons. The summed E-state index contributed by atoms with van der Waals surface area (Å²) in [5.74, 6) is 0. The lowest BCUT2D eigenvalue weighted by molar-refractivity contribution is 0.00466. The highest BCUT2D eigenvalue weighted by Gasteiger charge is 2.12. The molecule has 15 heavy (non-hydrogen) atoms. The Hall–Kier alpha value is -0.0900. The Balaban J connectivity index is 2.69. The molecular formula is C11H14BrClO2. The average Bonchev–Trinajstić information content (AvgIpc) is 2.14. The van der Waals surface area contributed by atoms with Crippen LogP contribution in [0.5, 0.6) is 0 Å². The molecule has 1 N–H and O–H groups in total. The third kappa shape index (κ3) is 4.11. The maximum Gasteiger partial charge on any atom is 0.103 e. The fourth-order valence-corrected chi connectivity index (χ4v) is 2.09. The topological polar surface area (TPSA) is 29.5 Å². The monoisotopic (exact) mass is 292 g/mol. The van der Waals surface area contributed by atoms with E-state index in [0.29, 0.717) is 5.02 Å². The molecule has 1 aromatic carbocycles. The minimum atomic E-state index is -0.626. The Morgan fingerprint density at radius 3 is 2.67 bits per heavy atom. The van der Waals surface area contributed by atoms with Gasteiger partial charge in [0.15, 0.2) is 0 Å².